The van der Waals surface area contributed by atoms with Crippen LogP contribution in [0.2, 0.25) is 10.0 Å². The molecule has 0 amide bonds. The number of para-hydroxylation sites is 1. The highest BCUT2D eigenvalue weighted by molar-refractivity contribution is 6.37. The van der Waals surface area contributed by atoms with E-state index in [0.717, 1.165) is 17.8 Å². The van der Waals surface area contributed by atoms with Crippen molar-refractivity contribution < 1.29 is 9.53 Å². The molecule has 2 rings (SSSR count). The number of benzene rings is 2. The van der Waals surface area contributed by atoms with Gasteiger partial charge in [-0.05, 0) is 56.2 Å². The summed E-state index contributed by atoms with van der Waals surface area (Å²) in [5, 5.41) is 9.95. The molecule has 7 heteroatoms. The second-order valence-electron chi connectivity index (χ2n) is 6.31. The van der Waals surface area contributed by atoms with Gasteiger partial charge in [0.05, 0.1) is 22.1 Å². The van der Waals surface area contributed by atoms with Crippen molar-refractivity contribution in [1.82, 2.24) is 4.90 Å². The van der Waals surface area contributed by atoms with Crippen molar-refractivity contribution in [2.75, 3.05) is 13.6 Å². The van der Waals surface area contributed by atoms with E-state index in [-0.39, 0.29) is 15.8 Å². The molecule has 0 bridgehead atoms. The number of Topliss-reactive ketones (excluding diaryl/α,β-unsaturated/α-hetero) is 1. The van der Waals surface area contributed by atoms with Crippen LogP contribution in [0.4, 0.5) is 5.69 Å². The Morgan fingerprint density at radius 3 is 2.50 bits per heavy atom. The molecule has 28 heavy (non-hydrogen) atoms. The van der Waals surface area contributed by atoms with Gasteiger partial charge in [0.2, 0.25) is 11.9 Å². The Balaban J connectivity index is 2.33. The largest absolute Gasteiger partial charge is 0.464 e. The van der Waals surface area contributed by atoms with Crippen molar-refractivity contribution in [3.63, 3.8) is 0 Å². The summed E-state index contributed by atoms with van der Waals surface area (Å²) in [6.45, 7) is 6.53. The molecular weight excluding hydrogens is 397 g/mol. The minimum atomic E-state index is -1.36. The van der Waals surface area contributed by atoms with E-state index in [9.17, 15) is 10.1 Å². The van der Waals surface area contributed by atoms with Crippen LogP contribution in [0.3, 0.4) is 0 Å². The predicted octanol–water partition coefficient (Wildman–Crippen LogP) is 5.38. The van der Waals surface area contributed by atoms with Gasteiger partial charge in [0.15, 0.2) is 5.75 Å². The van der Waals surface area contributed by atoms with E-state index < -0.39 is 11.9 Å². The maximum absolute atomic E-state index is 12.9. The highest BCUT2D eigenvalue weighted by Gasteiger charge is 2.25. The van der Waals surface area contributed by atoms with Crippen LogP contribution in [-0.4, -0.2) is 36.7 Å². The first-order chi connectivity index (χ1) is 13.3. The summed E-state index contributed by atoms with van der Waals surface area (Å²) >= 11 is 12.2. The molecule has 0 aliphatic carbocycles. The van der Waals surface area contributed by atoms with Gasteiger partial charge in [0.1, 0.15) is 6.07 Å². The number of aliphatic imine (C=N–C) groups is 1. The normalized spacial score (nSPS) is 11.9. The molecule has 0 spiro atoms. The number of hydrogen-bond donors (Lipinski definition) is 0. The molecule has 0 fully saturated rings. The van der Waals surface area contributed by atoms with Gasteiger partial charge in [-0.15, -0.1) is 0 Å². The number of halogens is 2. The molecule has 0 heterocycles. The van der Waals surface area contributed by atoms with E-state index in [1.54, 1.807) is 37.5 Å². The van der Waals surface area contributed by atoms with Gasteiger partial charge in [0.25, 0.3) is 0 Å². The fourth-order valence-corrected chi connectivity index (χ4v) is 2.93. The topological polar surface area (TPSA) is 65.7 Å². The summed E-state index contributed by atoms with van der Waals surface area (Å²) in [5.41, 5.74) is 2.69. The second kappa shape index (κ2) is 9.59. The monoisotopic (exact) mass is 417 g/mol. The number of ether oxygens (including phenoxy) is 1. The molecule has 0 N–H and O–H groups in total. The average molecular weight is 418 g/mol. The van der Waals surface area contributed by atoms with Crippen LogP contribution in [0, 0.1) is 25.2 Å². The quantitative estimate of drug-likeness (QED) is 0.344. The summed E-state index contributed by atoms with van der Waals surface area (Å²) in [7, 11) is 1.93. The van der Waals surface area contributed by atoms with E-state index in [1.807, 2.05) is 37.9 Å². The fraction of sp³-hybridized carbons (Fsp3) is 0.286. The number of aryl methyl sites for hydroxylation is 2. The highest BCUT2D eigenvalue weighted by atomic mass is 35.5. The molecule has 0 aliphatic heterocycles. The molecule has 0 aromatic heterocycles. The Bertz CT molecular complexity index is 931. The third-order valence-electron chi connectivity index (χ3n) is 4.21. The molecule has 146 valence electrons. The zero-order valence-corrected chi connectivity index (χ0v) is 17.7. The Kier molecular flexibility index (Phi) is 7.45. The van der Waals surface area contributed by atoms with Crippen LogP contribution in [0.5, 0.6) is 5.75 Å². The SMILES string of the molecule is CCN(C)/C=N\c1cc(C)c(C(=O)C(C#N)Oc2c(Cl)cccc2Cl)cc1C. The van der Waals surface area contributed by atoms with Gasteiger partial charge in [-0.2, -0.15) is 5.26 Å². The highest BCUT2D eigenvalue weighted by Crippen LogP contribution is 2.34. The van der Waals surface area contributed by atoms with Gasteiger partial charge in [-0.25, -0.2) is 4.99 Å². The lowest BCUT2D eigenvalue weighted by Crippen LogP contribution is -2.26. The molecule has 0 radical (unpaired) electrons. The first kappa shape index (κ1) is 21.7. The summed E-state index contributed by atoms with van der Waals surface area (Å²) in [5.74, 6) is -0.343. The number of rotatable bonds is 7. The second-order valence-corrected chi connectivity index (χ2v) is 7.13. The Morgan fingerprint density at radius 1 is 1.29 bits per heavy atom. The number of nitrogens with zero attached hydrogens (tertiary/aromatic N) is 3. The first-order valence-electron chi connectivity index (χ1n) is 8.68. The molecule has 1 unspecified atom stereocenters. The molecule has 0 aliphatic rings. The summed E-state index contributed by atoms with van der Waals surface area (Å²) in [6, 6.07) is 10.2. The van der Waals surface area contributed by atoms with E-state index in [1.165, 1.54) is 0 Å². The smallest absolute Gasteiger partial charge is 0.246 e. The maximum atomic E-state index is 12.9. The van der Waals surface area contributed by atoms with Crippen molar-refractivity contribution in [2.24, 2.45) is 4.99 Å². The zero-order valence-electron chi connectivity index (χ0n) is 16.2. The van der Waals surface area contributed by atoms with E-state index in [0.29, 0.717) is 11.1 Å². The van der Waals surface area contributed by atoms with Gasteiger partial charge in [-0.3, -0.25) is 4.79 Å². The number of hydrogen-bond acceptors (Lipinski definition) is 4. The third kappa shape index (κ3) is 5.03. The fourth-order valence-electron chi connectivity index (χ4n) is 2.44. The zero-order chi connectivity index (χ0) is 20.8. The van der Waals surface area contributed by atoms with Crippen LogP contribution in [0.25, 0.3) is 0 Å². The molecule has 1 atom stereocenters. The van der Waals surface area contributed by atoms with Crippen molar-refractivity contribution in [2.45, 2.75) is 26.9 Å². The summed E-state index contributed by atoms with van der Waals surface area (Å²) < 4.78 is 5.55. The lowest BCUT2D eigenvalue weighted by atomic mass is 9.98. The van der Waals surface area contributed by atoms with Crippen LogP contribution >= 0.6 is 23.2 Å². The molecule has 0 saturated carbocycles. The average Bonchev–Trinajstić information content (AvgIpc) is 2.67. The molecule has 5 nitrogen and oxygen atoms in total. The minimum absolute atomic E-state index is 0.115. The Morgan fingerprint density at radius 2 is 1.93 bits per heavy atom. The standard InChI is InChI=1S/C21H21Cl2N3O2/c1-5-26(4)12-25-18-10-13(2)15(9-14(18)3)20(27)19(11-24)28-21-16(22)7-6-8-17(21)23/h6-10,12,19H,5H2,1-4H3/b25-12-. The van der Waals surface area contributed by atoms with Gasteiger partial charge in [0, 0.05) is 19.2 Å². The molecule has 2 aromatic rings. The van der Waals surface area contributed by atoms with Crippen molar-refractivity contribution in [1.29, 1.82) is 5.26 Å². The van der Waals surface area contributed by atoms with Gasteiger partial charge < -0.3 is 9.64 Å². The van der Waals surface area contributed by atoms with E-state index >= 15 is 0 Å². The maximum Gasteiger partial charge on any atom is 0.246 e. The van der Waals surface area contributed by atoms with Crippen LogP contribution in [-0.2, 0) is 0 Å². The minimum Gasteiger partial charge on any atom is -0.464 e. The number of ketones is 1. The van der Waals surface area contributed by atoms with Crippen LogP contribution < -0.4 is 4.74 Å². The summed E-state index contributed by atoms with van der Waals surface area (Å²) in [6.07, 6.45) is 0.375. The Labute approximate surface area is 175 Å². The van der Waals surface area contributed by atoms with Gasteiger partial charge >= 0.3 is 0 Å². The van der Waals surface area contributed by atoms with Crippen molar-refractivity contribution in [3.05, 3.63) is 57.1 Å². The molecular formula is C21H21Cl2N3O2. The molecule has 0 saturated heterocycles. The lowest BCUT2D eigenvalue weighted by Gasteiger charge is -2.16. The number of carbonyl (C=O) groups is 1. The van der Waals surface area contributed by atoms with Gasteiger partial charge in [-0.1, -0.05) is 29.3 Å². The van der Waals surface area contributed by atoms with Crippen molar-refractivity contribution in [3.8, 4) is 11.8 Å². The Hall–Kier alpha value is -2.55. The van der Waals surface area contributed by atoms with E-state index in [4.69, 9.17) is 27.9 Å². The predicted molar refractivity (Wildman–Crippen MR) is 113 cm³/mol. The first-order valence-corrected chi connectivity index (χ1v) is 9.44. The number of carbonyl (C=O) groups excluding carboxylic acids is 1. The van der Waals surface area contributed by atoms with Crippen LogP contribution in [0.1, 0.15) is 28.4 Å². The third-order valence-corrected chi connectivity index (χ3v) is 4.81. The summed E-state index contributed by atoms with van der Waals surface area (Å²) in [4.78, 5) is 19.3. The van der Waals surface area contributed by atoms with Crippen LogP contribution in [0.15, 0.2) is 35.3 Å². The van der Waals surface area contributed by atoms with E-state index in [2.05, 4.69) is 4.99 Å². The number of nitriles is 1. The van der Waals surface area contributed by atoms with Crippen molar-refractivity contribution >= 4 is 41.0 Å². The lowest BCUT2D eigenvalue weighted by molar-refractivity contribution is 0.0859. The molecule has 2 aromatic carbocycles.